The molecule has 1 rings (SSSR count). The van der Waals surface area contributed by atoms with Crippen molar-refractivity contribution < 1.29 is 59.0 Å². The monoisotopic (exact) mass is 848 g/mol. The number of carbonyl (C=O) groups excluding carboxylic acids is 1. The summed E-state index contributed by atoms with van der Waals surface area (Å²) in [4.78, 5) is 23.3. The maximum atomic E-state index is 12.9. The Morgan fingerprint density at radius 2 is 1.05 bits per heavy atom. The van der Waals surface area contributed by atoms with Gasteiger partial charge in [-0.3, -0.25) is 13.8 Å². The second-order valence-electron chi connectivity index (χ2n) is 16.1. The predicted molar refractivity (Wildman–Crippen MR) is 229 cm³/mol. The molecular formula is C44H82NO12P. The average Bonchev–Trinajstić information content (AvgIpc) is 3.19. The van der Waals surface area contributed by atoms with E-state index in [9.17, 15) is 50.0 Å². The summed E-state index contributed by atoms with van der Waals surface area (Å²) in [6.45, 7) is 3.58. The zero-order valence-electron chi connectivity index (χ0n) is 35.7. The number of hydrogen-bond donors (Lipinski definition) is 9. The van der Waals surface area contributed by atoms with Crippen molar-refractivity contribution in [1.29, 1.82) is 0 Å². The molecular weight excluding hydrogens is 765 g/mol. The molecule has 9 N–H and O–H groups in total. The van der Waals surface area contributed by atoms with Crippen molar-refractivity contribution >= 4 is 13.7 Å². The highest BCUT2D eigenvalue weighted by molar-refractivity contribution is 7.47. The number of phosphoric ester groups is 1. The normalized spacial score (nSPS) is 24.1. The van der Waals surface area contributed by atoms with E-state index < -0.39 is 75.2 Å². The van der Waals surface area contributed by atoms with Gasteiger partial charge in [-0.1, -0.05) is 153 Å². The maximum absolute atomic E-state index is 12.9. The highest BCUT2D eigenvalue weighted by atomic mass is 31.2. The maximum Gasteiger partial charge on any atom is 0.472 e. The van der Waals surface area contributed by atoms with Crippen LogP contribution in [0, 0.1) is 0 Å². The molecule has 13 nitrogen and oxygen atoms in total. The lowest BCUT2D eigenvalue weighted by Gasteiger charge is -2.41. The van der Waals surface area contributed by atoms with Crippen LogP contribution in [0.3, 0.4) is 0 Å². The fraction of sp³-hybridized carbons (Fsp3) is 0.841. The molecule has 0 saturated heterocycles. The van der Waals surface area contributed by atoms with Crippen LogP contribution >= 0.6 is 7.82 Å². The van der Waals surface area contributed by atoms with Crippen LogP contribution in [0.1, 0.15) is 174 Å². The number of amides is 1. The van der Waals surface area contributed by atoms with Crippen LogP contribution in [-0.4, -0.2) is 108 Å². The van der Waals surface area contributed by atoms with Crippen LogP contribution in [-0.2, 0) is 18.4 Å². The standard InChI is InChI=1S/C44H82NO12P/c1-3-5-7-9-11-12-13-14-15-16-17-18-19-20-21-22-23-24-26-27-29-31-35(46)33-38(48)45-36(37(47)32-30-28-25-10-8-6-4-2)34-56-58(54,55)57-44-42(52)40(50)39(49)41(51)43(44)53/h8,10,20-21,30,32,35-37,39-44,46-47,49-53H,3-7,9,11-19,22-29,31,33-34H2,1-2H3,(H,45,48)(H,54,55)/b10-8+,21-20-,32-30+. The summed E-state index contributed by atoms with van der Waals surface area (Å²) < 4.78 is 22.7. The average molecular weight is 848 g/mol. The molecule has 8 atom stereocenters. The van der Waals surface area contributed by atoms with Gasteiger partial charge in [-0.15, -0.1) is 0 Å². The lowest BCUT2D eigenvalue weighted by atomic mass is 9.85. The molecule has 1 aliphatic carbocycles. The first-order valence-electron chi connectivity index (χ1n) is 22.5. The number of carbonyl (C=O) groups is 1. The van der Waals surface area contributed by atoms with Crippen LogP contribution in [0.2, 0.25) is 0 Å². The molecule has 0 radical (unpaired) electrons. The third-order valence-corrected chi connectivity index (χ3v) is 11.7. The smallest absolute Gasteiger partial charge is 0.393 e. The molecule has 1 fully saturated rings. The number of nitrogens with one attached hydrogen (secondary N) is 1. The third-order valence-electron chi connectivity index (χ3n) is 10.7. The van der Waals surface area contributed by atoms with Gasteiger partial charge in [0.25, 0.3) is 0 Å². The van der Waals surface area contributed by atoms with Crippen molar-refractivity contribution in [1.82, 2.24) is 5.32 Å². The van der Waals surface area contributed by atoms with Crippen LogP contribution in [0.15, 0.2) is 36.5 Å². The van der Waals surface area contributed by atoms with E-state index >= 15 is 0 Å². The molecule has 0 aromatic carbocycles. The summed E-state index contributed by atoms with van der Waals surface area (Å²) in [6, 6.07) is -1.26. The van der Waals surface area contributed by atoms with Crippen LogP contribution < -0.4 is 5.32 Å². The number of allylic oxidation sites excluding steroid dienone is 5. The Morgan fingerprint density at radius 1 is 0.603 bits per heavy atom. The Balaban J connectivity index is 2.41. The minimum Gasteiger partial charge on any atom is -0.393 e. The minimum atomic E-state index is -5.14. The summed E-state index contributed by atoms with van der Waals surface area (Å²) in [5.41, 5.74) is 0. The van der Waals surface area contributed by atoms with Crippen LogP contribution in [0.25, 0.3) is 0 Å². The lowest BCUT2D eigenvalue weighted by molar-refractivity contribution is -0.220. The molecule has 14 heteroatoms. The molecule has 0 aromatic rings. The lowest BCUT2D eigenvalue weighted by Crippen LogP contribution is -2.64. The molecule has 0 spiro atoms. The second-order valence-corrected chi connectivity index (χ2v) is 17.5. The Kier molecular flexibility index (Phi) is 32.1. The summed E-state index contributed by atoms with van der Waals surface area (Å²) >= 11 is 0. The number of rotatable bonds is 36. The molecule has 340 valence electrons. The zero-order chi connectivity index (χ0) is 43.0. The summed E-state index contributed by atoms with van der Waals surface area (Å²) in [5, 5.41) is 74.0. The molecule has 58 heavy (non-hydrogen) atoms. The Labute approximate surface area is 349 Å². The van der Waals surface area contributed by atoms with E-state index in [1.54, 1.807) is 6.08 Å². The molecule has 1 aliphatic rings. The van der Waals surface area contributed by atoms with E-state index in [4.69, 9.17) is 9.05 Å². The van der Waals surface area contributed by atoms with Crippen LogP contribution in [0.5, 0.6) is 0 Å². The van der Waals surface area contributed by atoms with Gasteiger partial charge in [-0.2, -0.15) is 0 Å². The van der Waals surface area contributed by atoms with Crippen molar-refractivity contribution in [3.8, 4) is 0 Å². The quantitative estimate of drug-likeness (QED) is 0.0177. The van der Waals surface area contributed by atoms with Gasteiger partial charge in [0.05, 0.1) is 31.3 Å². The number of hydrogen-bond acceptors (Lipinski definition) is 11. The fourth-order valence-electron chi connectivity index (χ4n) is 6.96. The topological polar surface area (TPSA) is 226 Å². The highest BCUT2D eigenvalue weighted by Gasteiger charge is 2.51. The molecule has 0 heterocycles. The Hall–Kier alpha value is -1.48. The summed E-state index contributed by atoms with van der Waals surface area (Å²) in [6.07, 6.45) is 24.4. The third kappa shape index (κ3) is 26.0. The predicted octanol–water partition coefficient (Wildman–Crippen LogP) is 6.97. The van der Waals surface area contributed by atoms with Crippen molar-refractivity contribution in [3.05, 3.63) is 36.5 Å². The molecule has 8 unspecified atom stereocenters. The van der Waals surface area contributed by atoms with E-state index in [1.165, 1.54) is 83.1 Å². The first-order valence-corrected chi connectivity index (χ1v) is 24.0. The van der Waals surface area contributed by atoms with Gasteiger partial charge >= 0.3 is 7.82 Å². The van der Waals surface area contributed by atoms with E-state index in [2.05, 4.69) is 37.4 Å². The molecule has 1 saturated carbocycles. The first kappa shape index (κ1) is 54.5. The van der Waals surface area contributed by atoms with Gasteiger partial charge in [0.15, 0.2) is 0 Å². The number of phosphoric acid groups is 1. The summed E-state index contributed by atoms with van der Waals surface area (Å²) in [7, 11) is -5.14. The highest BCUT2D eigenvalue weighted by Crippen LogP contribution is 2.47. The van der Waals surface area contributed by atoms with Gasteiger partial charge in [0.2, 0.25) is 5.91 Å². The van der Waals surface area contributed by atoms with Crippen molar-refractivity contribution in [3.63, 3.8) is 0 Å². The molecule has 1 amide bonds. The SMILES string of the molecule is CCC/C=C/CC/C=C/C(O)C(COP(=O)(O)OC1C(O)C(O)C(O)C(O)C1O)NC(=O)CC(O)CCCCCCC/C=C\CCCCCCCCCCCCCC. The van der Waals surface area contributed by atoms with Crippen LogP contribution in [0.4, 0.5) is 0 Å². The van der Waals surface area contributed by atoms with E-state index in [0.29, 0.717) is 12.8 Å². The van der Waals surface area contributed by atoms with Crippen molar-refractivity contribution in [2.24, 2.45) is 0 Å². The zero-order valence-corrected chi connectivity index (χ0v) is 36.6. The fourth-order valence-corrected chi connectivity index (χ4v) is 7.93. The molecule has 0 bridgehead atoms. The van der Waals surface area contributed by atoms with Gasteiger partial charge < -0.3 is 46.0 Å². The largest absolute Gasteiger partial charge is 0.472 e. The number of aliphatic hydroxyl groups excluding tert-OH is 7. The Morgan fingerprint density at radius 3 is 1.59 bits per heavy atom. The van der Waals surface area contributed by atoms with Gasteiger partial charge in [0, 0.05) is 0 Å². The van der Waals surface area contributed by atoms with Gasteiger partial charge in [-0.25, -0.2) is 4.57 Å². The first-order chi connectivity index (χ1) is 27.8. The summed E-state index contributed by atoms with van der Waals surface area (Å²) in [5.74, 6) is -0.613. The van der Waals surface area contributed by atoms with Crippen molar-refractivity contribution in [2.75, 3.05) is 6.61 Å². The number of unbranched alkanes of at least 4 members (excludes halogenated alkanes) is 19. The number of aliphatic hydroxyl groups is 7. The van der Waals surface area contributed by atoms with E-state index in [1.807, 2.05) is 6.08 Å². The minimum absolute atomic E-state index is 0.259. The Bertz CT molecular complexity index is 1140. The van der Waals surface area contributed by atoms with E-state index in [-0.39, 0.29) is 6.42 Å². The van der Waals surface area contributed by atoms with Crippen molar-refractivity contribution in [2.45, 2.75) is 229 Å². The molecule has 0 aliphatic heterocycles. The second kappa shape index (κ2) is 34.1. The van der Waals surface area contributed by atoms with Gasteiger partial charge in [-0.05, 0) is 51.4 Å². The van der Waals surface area contributed by atoms with E-state index in [0.717, 1.165) is 64.2 Å². The molecule has 0 aromatic heterocycles. The van der Waals surface area contributed by atoms with Gasteiger partial charge in [0.1, 0.15) is 36.6 Å².